The number of halogens is 1. The zero-order chi connectivity index (χ0) is 13.2. The van der Waals surface area contributed by atoms with E-state index >= 15 is 0 Å². The second-order valence-electron chi connectivity index (χ2n) is 4.73. The van der Waals surface area contributed by atoms with E-state index < -0.39 is 0 Å². The smallest absolute Gasteiger partial charge is 0.195 e. The van der Waals surface area contributed by atoms with Crippen LogP contribution in [-0.2, 0) is 13.6 Å². The van der Waals surface area contributed by atoms with E-state index in [1.807, 2.05) is 11.6 Å². The highest BCUT2D eigenvalue weighted by atomic mass is 79.9. The van der Waals surface area contributed by atoms with Crippen molar-refractivity contribution in [3.63, 3.8) is 0 Å². The van der Waals surface area contributed by atoms with Crippen LogP contribution in [0.15, 0.2) is 39.1 Å². The third kappa shape index (κ3) is 3.38. The fourth-order valence-electron chi connectivity index (χ4n) is 1.77. The first-order chi connectivity index (χ1) is 9.22. The summed E-state index contributed by atoms with van der Waals surface area (Å²) in [6.07, 6.45) is 4.34. The summed E-state index contributed by atoms with van der Waals surface area (Å²) >= 11 is 5.19. The van der Waals surface area contributed by atoms with Crippen LogP contribution in [-0.4, -0.2) is 20.8 Å². The van der Waals surface area contributed by atoms with Crippen LogP contribution in [0.4, 0.5) is 0 Å². The minimum absolute atomic E-state index is 0.719. The van der Waals surface area contributed by atoms with Gasteiger partial charge in [0.05, 0.1) is 0 Å². The van der Waals surface area contributed by atoms with Crippen LogP contribution in [0.1, 0.15) is 18.4 Å². The zero-order valence-corrected chi connectivity index (χ0v) is 13.0. The van der Waals surface area contributed by atoms with E-state index in [2.05, 4.69) is 49.6 Å². The minimum Gasteiger partial charge on any atom is -0.311 e. The molecule has 1 fully saturated rings. The summed E-state index contributed by atoms with van der Waals surface area (Å²) in [5.41, 5.74) is 1.31. The van der Waals surface area contributed by atoms with Crippen molar-refractivity contribution in [2.75, 3.05) is 0 Å². The molecule has 1 aliphatic carbocycles. The van der Waals surface area contributed by atoms with Crippen LogP contribution in [0.25, 0.3) is 0 Å². The van der Waals surface area contributed by atoms with Gasteiger partial charge in [-0.05, 0) is 42.3 Å². The molecule has 6 heteroatoms. The molecule has 1 saturated carbocycles. The van der Waals surface area contributed by atoms with Crippen molar-refractivity contribution in [3.05, 3.63) is 34.6 Å². The average Bonchev–Trinajstić information content (AvgIpc) is 3.13. The third-order valence-electron chi connectivity index (χ3n) is 3.06. The van der Waals surface area contributed by atoms with E-state index in [1.165, 1.54) is 23.3 Å². The van der Waals surface area contributed by atoms with E-state index in [-0.39, 0.29) is 0 Å². The lowest BCUT2D eigenvalue weighted by molar-refractivity contribution is 0.680. The SMILES string of the molecule is Cn1cnnc1Sc1cc(Br)ccc1CNC1CC1. The van der Waals surface area contributed by atoms with E-state index in [4.69, 9.17) is 0 Å². The van der Waals surface area contributed by atoms with Gasteiger partial charge in [-0.15, -0.1) is 10.2 Å². The van der Waals surface area contributed by atoms with Gasteiger partial charge in [-0.2, -0.15) is 0 Å². The molecule has 19 heavy (non-hydrogen) atoms. The Morgan fingerprint density at radius 1 is 1.47 bits per heavy atom. The van der Waals surface area contributed by atoms with Crippen LogP contribution in [0, 0.1) is 0 Å². The molecule has 0 atom stereocenters. The fraction of sp³-hybridized carbons (Fsp3) is 0.385. The molecule has 0 saturated heterocycles. The molecule has 0 unspecified atom stereocenters. The molecular formula is C13H15BrN4S. The molecule has 1 aromatic heterocycles. The first-order valence-corrected chi connectivity index (χ1v) is 7.87. The lowest BCUT2D eigenvalue weighted by Crippen LogP contribution is -2.15. The molecule has 4 nitrogen and oxygen atoms in total. The number of rotatable bonds is 5. The Hall–Kier alpha value is -0.850. The Kier molecular flexibility index (Phi) is 3.91. The van der Waals surface area contributed by atoms with Crippen LogP contribution in [0.5, 0.6) is 0 Å². The van der Waals surface area contributed by atoms with E-state index in [0.717, 1.165) is 22.2 Å². The maximum atomic E-state index is 4.13. The first-order valence-electron chi connectivity index (χ1n) is 6.26. The first kappa shape index (κ1) is 13.1. The highest BCUT2D eigenvalue weighted by Gasteiger charge is 2.20. The van der Waals surface area contributed by atoms with Crippen LogP contribution in [0.2, 0.25) is 0 Å². The molecule has 1 aliphatic rings. The summed E-state index contributed by atoms with van der Waals surface area (Å²) in [6.45, 7) is 0.915. The second-order valence-corrected chi connectivity index (χ2v) is 6.66. The largest absolute Gasteiger partial charge is 0.311 e. The molecular weight excluding hydrogens is 324 g/mol. The second kappa shape index (κ2) is 5.64. The van der Waals surface area contributed by atoms with Crippen molar-refractivity contribution in [2.24, 2.45) is 7.05 Å². The van der Waals surface area contributed by atoms with Crippen molar-refractivity contribution in [2.45, 2.75) is 35.5 Å². The monoisotopic (exact) mass is 338 g/mol. The topological polar surface area (TPSA) is 42.7 Å². The highest BCUT2D eigenvalue weighted by molar-refractivity contribution is 9.10. The Bertz CT molecular complexity index is 580. The summed E-state index contributed by atoms with van der Waals surface area (Å²) in [4.78, 5) is 1.22. The van der Waals surface area contributed by atoms with Crippen molar-refractivity contribution < 1.29 is 0 Å². The number of aromatic nitrogens is 3. The number of benzene rings is 1. The average molecular weight is 339 g/mol. The normalized spacial score (nSPS) is 14.8. The Morgan fingerprint density at radius 3 is 3.00 bits per heavy atom. The minimum atomic E-state index is 0.719. The van der Waals surface area contributed by atoms with E-state index in [9.17, 15) is 0 Å². The molecule has 0 radical (unpaired) electrons. The van der Waals surface area contributed by atoms with Crippen LogP contribution in [0.3, 0.4) is 0 Å². The maximum absolute atomic E-state index is 4.13. The molecule has 3 rings (SSSR count). The van der Waals surface area contributed by atoms with Crippen molar-refractivity contribution in [1.29, 1.82) is 0 Å². The molecule has 0 bridgehead atoms. The summed E-state index contributed by atoms with van der Waals surface area (Å²) in [5, 5.41) is 12.5. The van der Waals surface area contributed by atoms with Gasteiger partial charge in [-0.3, -0.25) is 0 Å². The number of hydrogen-bond donors (Lipinski definition) is 1. The molecule has 2 aromatic rings. The molecule has 0 spiro atoms. The Balaban J connectivity index is 1.80. The van der Waals surface area contributed by atoms with Gasteiger partial charge in [0.2, 0.25) is 0 Å². The molecule has 0 amide bonds. The summed E-state index contributed by atoms with van der Waals surface area (Å²) in [7, 11) is 1.96. The van der Waals surface area contributed by atoms with Gasteiger partial charge in [-0.25, -0.2) is 0 Å². The third-order valence-corrected chi connectivity index (χ3v) is 4.70. The Morgan fingerprint density at radius 2 is 2.32 bits per heavy atom. The van der Waals surface area contributed by atoms with Crippen LogP contribution < -0.4 is 5.32 Å². The van der Waals surface area contributed by atoms with Gasteiger partial charge >= 0.3 is 0 Å². The van der Waals surface area contributed by atoms with Crippen molar-refractivity contribution in [1.82, 2.24) is 20.1 Å². The summed E-state index contributed by atoms with van der Waals surface area (Å²) in [5.74, 6) is 0. The Labute approximate surface area is 125 Å². The van der Waals surface area contributed by atoms with Crippen LogP contribution >= 0.6 is 27.7 Å². The van der Waals surface area contributed by atoms with Gasteiger partial charge in [0.1, 0.15) is 6.33 Å². The highest BCUT2D eigenvalue weighted by Crippen LogP contribution is 2.31. The van der Waals surface area contributed by atoms with Gasteiger partial charge in [0, 0.05) is 29.0 Å². The predicted molar refractivity (Wildman–Crippen MR) is 79.1 cm³/mol. The molecule has 1 heterocycles. The van der Waals surface area contributed by atoms with Gasteiger partial charge in [0.15, 0.2) is 5.16 Å². The number of nitrogens with zero attached hydrogens (tertiary/aromatic N) is 3. The summed E-state index contributed by atoms with van der Waals surface area (Å²) < 4.78 is 3.02. The maximum Gasteiger partial charge on any atom is 0.195 e. The molecule has 0 aliphatic heterocycles. The van der Waals surface area contributed by atoms with Crippen molar-refractivity contribution in [3.8, 4) is 0 Å². The lowest BCUT2D eigenvalue weighted by Gasteiger charge is -2.10. The quantitative estimate of drug-likeness (QED) is 0.910. The molecule has 1 aromatic carbocycles. The van der Waals surface area contributed by atoms with Gasteiger partial charge in [0.25, 0.3) is 0 Å². The zero-order valence-electron chi connectivity index (χ0n) is 10.6. The summed E-state index contributed by atoms with van der Waals surface area (Å²) in [6, 6.07) is 7.11. The van der Waals surface area contributed by atoms with Gasteiger partial charge < -0.3 is 9.88 Å². The fourth-order valence-corrected chi connectivity index (χ4v) is 3.22. The number of aryl methyl sites for hydroxylation is 1. The molecule has 1 N–H and O–H groups in total. The lowest BCUT2D eigenvalue weighted by atomic mass is 10.2. The number of nitrogens with one attached hydrogen (secondary N) is 1. The molecule has 100 valence electrons. The number of hydrogen-bond acceptors (Lipinski definition) is 4. The van der Waals surface area contributed by atoms with Crippen molar-refractivity contribution >= 4 is 27.7 Å². The van der Waals surface area contributed by atoms with Gasteiger partial charge in [-0.1, -0.05) is 22.0 Å². The predicted octanol–water partition coefficient (Wildman–Crippen LogP) is 2.98. The van der Waals surface area contributed by atoms with E-state index in [1.54, 1.807) is 18.1 Å². The standard InChI is InChI=1S/C13H15BrN4S/c1-18-8-16-17-13(18)19-12-6-10(14)3-2-9(12)7-15-11-4-5-11/h2-3,6,8,11,15H,4-5,7H2,1H3. The van der Waals surface area contributed by atoms with E-state index in [0.29, 0.717) is 0 Å².